The molecule has 4 nitrogen and oxygen atoms in total. The van der Waals surface area contributed by atoms with Crippen LogP contribution in [-0.2, 0) is 4.74 Å². The van der Waals surface area contributed by atoms with Crippen molar-refractivity contribution in [2.24, 2.45) is 0 Å². The van der Waals surface area contributed by atoms with Gasteiger partial charge in [-0.05, 0) is 29.7 Å². The molecule has 0 radical (unpaired) electrons. The fourth-order valence-corrected chi connectivity index (χ4v) is 3.79. The summed E-state index contributed by atoms with van der Waals surface area (Å²) in [5, 5.41) is 2.17. The SMILES string of the molecule is O=C(c1cccc2ccccc12)N1CCN(C[C@@H]2CCCO2)CC1. The molecule has 0 bridgehead atoms. The van der Waals surface area contributed by atoms with E-state index in [1.54, 1.807) is 0 Å². The highest BCUT2D eigenvalue weighted by Crippen LogP contribution is 2.21. The Morgan fingerprint density at radius 3 is 2.62 bits per heavy atom. The van der Waals surface area contributed by atoms with Gasteiger partial charge in [0.15, 0.2) is 0 Å². The lowest BCUT2D eigenvalue weighted by molar-refractivity contribution is 0.0434. The van der Waals surface area contributed by atoms with E-state index in [9.17, 15) is 4.79 Å². The van der Waals surface area contributed by atoms with Gasteiger partial charge < -0.3 is 9.64 Å². The molecule has 1 atom stereocenters. The Bertz CT molecular complexity index is 711. The maximum atomic E-state index is 12.9. The van der Waals surface area contributed by atoms with Crippen molar-refractivity contribution in [2.75, 3.05) is 39.3 Å². The minimum Gasteiger partial charge on any atom is -0.377 e. The lowest BCUT2D eigenvalue weighted by Crippen LogP contribution is -2.50. The van der Waals surface area contributed by atoms with Gasteiger partial charge >= 0.3 is 0 Å². The van der Waals surface area contributed by atoms with E-state index in [1.807, 2.05) is 35.2 Å². The molecule has 0 aromatic heterocycles. The van der Waals surface area contributed by atoms with Crippen LogP contribution in [0.3, 0.4) is 0 Å². The van der Waals surface area contributed by atoms with Crippen LogP contribution in [0.1, 0.15) is 23.2 Å². The zero-order chi connectivity index (χ0) is 16.4. The Hall–Kier alpha value is -1.91. The molecule has 4 rings (SSSR count). The van der Waals surface area contributed by atoms with Crippen LogP contribution in [-0.4, -0.2) is 61.1 Å². The van der Waals surface area contributed by atoms with Crippen LogP contribution in [0.2, 0.25) is 0 Å². The summed E-state index contributed by atoms with van der Waals surface area (Å²) < 4.78 is 5.73. The normalized spacial score (nSPS) is 22.2. The average Bonchev–Trinajstić information content (AvgIpc) is 3.14. The zero-order valence-electron chi connectivity index (χ0n) is 14.0. The maximum absolute atomic E-state index is 12.9. The van der Waals surface area contributed by atoms with E-state index in [1.165, 1.54) is 12.8 Å². The summed E-state index contributed by atoms with van der Waals surface area (Å²) in [4.78, 5) is 17.4. The second-order valence-electron chi connectivity index (χ2n) is 6.75. The first-order chi connectivity index (χ1) is 11.8. The molecule has 126 valence electrons. The molecule has 0 aliphatic carbocycles. The minimum atomic E-state index is 0.156. The average molecular weight is 324 g/mol. The van der Waals surface area contributed by atoms with Gasteiger partial charge in [0.25, 0.3) is 5.91 Å². The van der Waals surface area contributed by atoms with E-state index >= 15 is 0 Å². The third kappa shape index (κ3) is 3.17. The highest BCUT2D eigenvalue weighted by atomic mass is 16.5. The summed E-state index contributed by atoms with van der Waals surface area (Å²) in [5.74, 6) is 0.156. The van der Waals surface area contributed by atoms with Gasteiger partial charge in [-0.3, -0.25) is 9.69 Å². The van der Waals surface area contributed by atoms with Crippen LogP contribution in [0.25, 0.3) is 10.8 Å². The summed E-state index contributed by atoms with van der Waals surface area (Å²) in [6, 6.07) is 14.1. The second kappa shape index (κ2) is 6.91. The van der Waals surface area contributed by atoms with Gasteiger partial charge in [0.2, 0.25) is 0 Å². The molecule has 2 aromatic carbocycles. The van der Waals surface area contributed by atoms with Crippen molar-refractivity contribution in [1.29, 1.82) is 0 Å². The molecule has 0 saturated carbocycles. The van der Waals surface area contributed by atoms with E-state index < -0.39 is 0 Å². The third-order valence-electron chi connectivity index (χ3n) is 5.17. The van der Waals surface area contributed by atoms with E-state index in [0.717, 1.165) is 55.7 Å². The number of nitrogens with zero attached hydrogens (tertiary/aromatic N) is 2. The van der Waals surface area contributed by atoms with Crippen molar-refractivity contribution >= 4 is 16.7 Å². The summed E-state index contributed by atoms with van der Waals surface area (Å²) in [7, 11) is 0. The van der Waals surface area contributed by atoms with Gasteiger partial charge in [-0.2, -0.15) is 0 Å². The molecule has 2 aliphatic heterocycles. The molecule has 2 aliphatic rings. The lowest BCUT2D eigenvalue weighted by Gasteiger charge is -2.35. The summed E-state index contributed by atoms with van der Waals surface area (Å²) in [6.07, 6.45) is 2.75. The molecule has 4 heteroatoms. The molecular formula is C20H24N2O2. The van der Waals surface area contributed by atoms with Gasteiger partial charge in [0, 0.05) is 44.9 Å². The standard InChI is InChI=1S/C20H24N2O2/c23-20(19-9-3-6-16-5-1-2-8-18(16)19)22-12-10-21(11-13-22)15-17-7-4-14-24-17/h1-3,5-6,8-9,17H,4,7,10-15H2/t17-/m0/s1. The van der Waals surface area contributed by atoms with Gasteiger partial charge in [0.05, 0.1) is 6.10 Å². The maximum Gasteiger partial charge on any atom is 0.254 e. The first-order valence-electron chi connectivity index (χ1n) is 8.92. The predicted octanol–water partition coefficient (Wildman–Crippen LogP) is 2.78. The number of piperazine rings is 1. The Morgan fingerprint density at radius 1 is 1.04 bits per heavy atom. The first kappa shape index (κ1) is 15.6. The van der Waals surface area contributed by atoms with Gasteiger partial charge in [-0.1, -0.05) is 36.4 Å². The second-order valence-corrected chi connectivity index (χ2v) is 6.75. The van der Waals surface area contributed by atoms with Crippen LogP contribution < -0.4 is 0 Å². The summed E-state index contributed by atoms with van der Waals surface area (Å²) >= 11 is 0. The molecule has 2 aromatic rings. The van der Waals surface area contributed by atoms with Gasteiger partial charge in [0.1, 0.15) is 0 Å². The highest BCUT2D eigenvalue weighted by molar-refractivity contribution is 6.07. The number of carbonyl (C=O) groups is 1. The van der Waals surface area contributed by atoms with Crippen molar-refractivity contribution in [1.82, 2.24) is 9.80 Å². The van der Waals surface area contributed by atoms with Crippen molar-refractivity contribution in [3.8, 4) is 0 Å². The van der Waals surface area contributed by atoms with Crippen LogP contribution in [0.4, 0.5) is 0 Å². The van der Waals surface area contributed by atoms with Gasteiger partial charge in [-0.25, -0.2) is 0 Å². The molecule has 2 fully saturated rings. The molecule has 0 spiro atoms. The number of ether oxygens (including phenoxy) is 1. The Labute approximate surface area is 143 Å². The van der Waals surface area contributed by atoms with Crippen molar-refractivity contribution in [2.45, 2.75) is 18.9 Å². The Balaban J connectivity index is 1.42. The molecule has 0 unspecified atom stereocenters. The number of hydrogen-bond acceptors (Lipinski definition) is 3. The lowest BCUT2D eigenvalue weighted by atomic mass is 10.0. The minimum absolute atomic E-state index is 0.156. The monoisotopic (exact) mass is 324 g/mol. The van der Waals surface area contributed by atoms with Crippen molar-refractivity contribution in [3.05, 3.63) is 48.0 Å². The number of fused-ring (bicyclic) bond motifs is 1. The fourth-order valence-electron chi connectivity index (χ4n) is 3.79. The third-order valence-corrected chi connectivity index (χ3v) is 5.17. The first-order valence-corrected chi connectivity index (χ1v) is 8.92. The van der Waals surface area contributed by atoms with Crippen LogP contribution in [0, 0.1) is 0 Å². The quantitative estimate of drug-likeness (QED) is 0.870. The Morgan fingerprint density at radius 2 is 1.83 bits per heavy atom. The number of carbonyl (C=O) groups excluding carboxylic acids is 1. The fraction of sp³-hybridized carbons (Fsp3) is 0.450. The molecular weight excluding hydrogens is 300 g/mol. The molecule has 2 heterocycles. The topological polar surface area (TPSA) is 32.8 Å². The van der Waals surface area contributed by atoms with Crippen LogP contribution in [0.15, 0.2) is 42.5 Å². The number of benzene rings is 2. The largest absolute Gasteiger partial charge is 0.377 e. The number of amides is 1. The van der Waals surface area contributed by atoms with E-state index in [-0.39, 0.29) is 5.91 Å². The summed E-state index contributed by atoms with van der Waals surface area (Å²) in [5.41, 5.74) is 0.820. The van der Waals surface area contributed by atoms with E-state index in [2.05, 4.69) is 17.0 Å². The van der Waals surface area contributed by atoms with Crippen LogP contribution >= 0.6 is 0 Å². The summed E-state index contributed by atoms with van der Waals surface area (Å²) in [6.45, 7) is 5.40. The number of hydrogen-bond donors (Lipinski definition) is 0. The smallest absolute Gasteiger partial charge is 0.254 e. The molecule has 2 saturated heterocycles. The molecule has 24 heavy (non-hydrogen) atoms. The van der Waals surface area contributed by atoms with E-state index in [4.69, 9.17) is 4.74 Å². The molecule has 1 amide bonds. The van der Waals surface area contributed by atoms with Crippen molar-refractivity contribution in [3.63, 3.8) is 0 Å². The predicted molar refractivity (Wildman–Crippen MR) is 95.3 cm³/mol. The van der Waals surface area contributed by atoms with Crippen LogP contribution in [0.5, 0.6) is 0 Å². The van der Waals surface area contributed by atoms with Crippen molar-refractivity contribution < 1.29 is 9.53 Å². The number of rotatable bonds is 3. The highest BCUT2D eigenvalue weighted by Gasteiger charge is 2.26. The molecule has 0 N–H and O–H groups in total. The Kier molecular flexibility index (Phi) is 4.50. The zero-order valence-corrected chi connectivity index (χ0v) is 14.0. The van der Waals surface area contributed by atoms with E-state index in [0.29, 0.717) is 6.10 Å². The van der Waals surface area contributed by atoms with Gasteiger partial charge in [-0.15, -0.1) is 0 Å².